The zero-order valence-corrected chi connectivity index (χ0v) is 14.6. The topological polar surface area (TPSA) is 58.6 Å². The first-order valence-electron chi connectivity index (χ1n) is 8.56. The van der Waals surface area contributed by atoms with E-state index in [2.05, 4.69) is 5.32 Å². The molecule has 1 unspecified atom stereocenters. The van der Waals surface area contributed by atoms with Gasteiger partial charge in [-0.2, -0.15) is 0 Å². The van der Waals surface area contributed by atoms with E-state index in [4.69, 9.17) is 4.74 Å². The fourth-order valence-electron chi connectivity index (χ4n) is 2.92. The van der Waals surface area contributed by atoms with E-state index >= 15 is 0 Å². The summed E-state index contributed by atoms with van der Waals surface area (Å²) in [4.78, 5) is 25.8. The van der Waals surface area contributed by atoms with Gasteiger partial charge in [-0.05, 0) is 47.9 Å². The quantitative estimate of drug-likeness (QED) is 0.894. The number of nitrogens with one attached hydrogen (secondary N) is 1. The van der Waals surface area contributed by atoms with Crippen molar-refractivity contribution in [2.24, 2.45) is 0 Å². The second kappa shape index (κ2) is 8.10. The molecular weight excluding hydrogens is 335 g/mol. The van der Waals surface area contributed by atoms with E-state index in [0.717, 1.165) is 11.3 Å². The Labute approximate surface area is 151 Å². The highest BCUT2D eigenvalue weighted by Gasteiger charge is 2.20. The maximum atomic E-state index is 13.0. The van der Waals surface area contributed by atoms with E-state index in [0.29, 0.717) is 25.3 Å². The fourth-order valence-corrected chi connectivity index (χ4v) is 2.92. The van der Waals surface area contributed by atoms with Crippen LogP contribution in [0.4, 0.5) is 15.8 Å². The Kier molecular flexibility index (Phi) is 5.63. The molecule has 0 aromatic heterocycles. The number of morpholine rings is 1. The van der Waals surface area contributed by atoms with Crippen molar-refractivity contribution in [1.29, 1.82) is 0 Å². The third-order valence-electron chi connectivity index (χ3n) is 4.38. The monoisotopic (exact) mass is 356 g/mol. The molecule has 26 heavy (non-hydrogen) atoms. The summed E-state index contributed by atoms with van der Waals surface area (Å²) in [7, 11) is 0. The van der Waals surface area contributed by atoms with Gasteiger partial charge >= 0.3 is 0 Å². The van der Waals surface area contributed by atoms with Crippen LogP contribution in [0, 0.1) is 5.82 Å². The van der Waals surface area contributed by atoms with Crippen LogP contribution in [0.25, 0.3) is 0 Å². The average molecular weight is 356 g/mol. The normalized spacial score (nSPS) is 15.6. The molecule has 0 aliphatic carbocycles. The zero-order chi connectivity index (χ0) is 18.5. The third-order valence-corrected chi connectivity index (χ3v) is 4.38. The summed E-state index contributed by atoms with van der Waals surface area (Å²) in [5.74, 6) is -0.483. The van der Waals surface area contributed by atoms with Crippen LogP contribution in [0.15, 0.2) is 48.5 Å². The molecule has 0 spiro atoms. The molecule has 1 atom stereocenters. The number of ether oxygens (including phenoxy) is 1. The fraction of sp³-hybridized carbons (Fsp3) is 0.300. The second-order valence-corrected chi connectivity index (χ2v) is 6.35. The Morgan fingerprint density at radius 1 is 1.19 bits per heavy atom. The van der Waals surface area contributed by atoms with Crippen LogP contribution in [0.3, 0.4) is 0 Å². The van der Waals surface area contributed by atoms with Gasteiger partial charge in [0, 0.05) is 24.3 Å². The number of benzene rings is 2. The lowest BCUT2D eigenvalue weighted by Gasteiger charge is -2.26. The summed E-state index contributed by atoms with van der Waals surface area (Å²) < 4.78 is 18.1. The zero-order valence-electron chi connectivity index (χ0n) is 14.6. The highest BCUT2D eigenvalue weighted by molar-refractivity contribution is 5.95. The number of hydrogen-bond acceptors (Lipinski definition) is 3. The number of nitrogens with zero attached hydrogens (tertiary/aromatic N) is 1. The standard InChI is InChI=1S/C20H21FN2O3/c1-14(15-2-4-16(21)5-3-15)12-19(24)22-17-6-8-18(9-7-17)23-10-11-26-13-20(23)25/h2-9,14H,10-13H2,1H3,(H,22,24). The number of carbonyl (C=O) groups excluding carboxylic acids is 2. The lowest BCUT2D eigenvalue weighted by Crippen LogP contribution is -2.41. The summed E-state index contributed by atoms with van der Waals surface area (Å²) in [6.45, 7) is 3.07. The Balaban J connectivity index is 1.57. The Bertz CT molecular complexity index is 775. The van der Waals surface area contributed by atoms with Crippen molar-refractivity contribution in [2.45, 2.75) is 19.3 Å². The van der Waals surface area contributed by atoms with Gasteiger partial charge in [-0.25, -0.2) is 4.39 Å². The van der Waals surface area contributed by atoms with E-state index in [9.17, 15) is 14.0 Å². The Hall–Kier alpha value is -2.73. The van der Waals surface area contributed by atoms with Gasteiger partial charge in [0.25, 0.3) is 5.91 Å². The van der Waals surface area contributed by atoms with Crippen LogP contribution in [0.2, 0.25) is 0 Å². The van der Waals surface area contributed by atoms with Crippen molar-refractivity contribution in [3.63, 3.8) is 0 Å². The molecule has 1 fully saturated rings. The number of rotatable bonds is 5. The van der Waals surface area contributed by atoms with Crippen LogP contribution in [0.1, 0.15) is 24.8 Å². The molecule has 6 heteroatoms. The summed E-state index contributed by atoms with van der Waals surface area (Å²) in [5, 5.41) is 2.85. The minimum atomic E-state index is -0.288. The SMILES string of the molecule is CC(CC(=O)Nc1ccc(N2CCOCC2=O)cc1)c1ccc(F)cc1. The third kappa shape index (κ3) is 4.46. The largest absolute Gasteiger partial charge is 0.370 e. The van der Waals surface area contributed by atoms with Gasteiger partial charge in [-0.15, -0.1) is 0 Å². The minimum Gasteiger partial charge on any atom is -0.370 e. The number of carbonyl (C=O) groups is 2. The van der Waals surface area contributed by atoms with Gasteiger partial charge in [0.05, 0.1) is 6.61 Å². The smallest absolute Gasteiger partial charge is 0.253 e. The van der Waals surface area contributed by atoms with Crippen molar-refractivity contribution in [1.82, 2.24) is 0 Å². The molecule has 2 amide bonds. The summed E-state index contributed by atoms with van der Waals surface area (Å²) in [6.07, 6.45) is 0.301. The van der Waals surface area contributed by atoms with Gasteiger partial charge in [0.1, 0.15) is 12.4 Å². The molecule has 2 aromatic carbocycles. The van der Waals surface area contributed by atoms with Crippen LogP contribution >= 0.6 is 0 Å². The summed E-state index contributed by atoms with van der Waals surface area (Å²) >= 11 is 0. The van der Waals surface area contributed by atoms with E-state index in [-0.39, 0.29) is 30.2 Å². The van der Waals surface area contributed by atoms with Gasteiger partial charge in [-0.3, -0.25) is 9.59 Å². The first-order valence-corrected chi connectivity index (χ1v) is 8.56. The summed E-state index contributed by atoms with van der Waals surface area (Å²) in [6, 6.07) is 13.4. The van der Waals surface area contributed by atoms with Crippen LogP contribution < -0.4 is 10.2 Å². The molecule has 0 radical (unpaired) electrons. The predicted octanol–water partition coefficient (Wildman–Crippen LogP) is 3.32. The van der Waals surface area contributed by atoms with Crippen molar-refractivity contribution in [2.75, 3.05) is 30.0 Å². The first-order chi connectivity index (χ1) is 12.5. The summed E-state index contributed by atoms with van der Waals surface area (Å²) in [5.41, 5.74) is 2.38. The molecule has 1 heterocycles. The Morgan fingerprint density at radius 3 is 2.54 bits per heavy atom. The van der Waals surface area contributed by atoms with Crippen molar-refractivity contribution >= 4 is 23.2 Å². The van der Waals surface area contributed by atoms with Crippen LogP contribution in [-0.2, 0) is 14.3 Å². The van der Waals surface area contributed by atoms with E-state index in [1.54, 1.807) is 29.2 Å². The molecule has 3 rings (SSSR count). The molecule has 2 aromatic rings. The van der Waals surface area contributed by atoms with Gasteiger partial charge < -0.3 is 15.0 Å². The highest BCUT2D eigenvalue weighted by Crippen LogP contribution is 2.22. The second-order valence-electron chi connectivity index (χ2n) is 6.35. The molecule has 136 valence electrons. The maximum Gasteiger partial charge on any atom is 0.253 e. The highest BCUT2D eigenvalue weighted by atomic mass is 19.1. The van der Waals surface area contributed by atoms with Crippen LogP contribution in [0.5, 0.6) is 0 Å². The van der Waals surface area contributed by atoms with E-state index in [1.165, 1.54) is 12.1 Å². The predicted molar refractivity (Wildman–Crippen MR) is 97.7 cm³/mol. The molecule has 1 saturated heterocycles. The van der Waals surface area contributed by atoms with E-state index < -0.39 is 0 Å². The minimum absolute atomic E-state index is 0.0131. The number of halogens is 1. The number of anilines is 2. The van der Waals surface area contributed by atoms with E-state index in [1.807, 2.05) is 19.1 Å². The lowest BCUT2D eigenvalue weighted by atomic mass is 9.97. The number of amides is 2. The van der Waals surface area contributed by atoms with Crippen molar-refractivity contribution in [3.05, 3.63) is 59.9 Å². The maximum absolute atomic E-state index is 13.0. The first kappa shape index (κ1) is 18.1. The van der Waals surface area contributed by atoms with Gasteiger partial charge in [0.2, 0.25) is 5.91 Å². The molecular formula is C20H21FN2O3. The van der Waals surface area contributed by atoms with Gasteiger partial charge in [0.15, 0.2) is 0 Å². The molecule has 0 bridgehead atoms. The Morgan fingerprint density at radius 2 is 1.88 bits per heavy atom. The molecule has 1 N–H and O–H groups in total. The van der Waals surface area contributed by atoms with Crippen molar-refractivity contribution < 1.29 is 18.7 Å². The lowest BCUT2D eigenvalue weighted by molar-refractivity contribution is -0.125. The van der Waals surface area contributed by atoms with Crippen molar-refractivity contribution in [3.8, 4) is 0 Å². The average Bonchev–Trinajstić information content (AvgIpc) is 2.63. The molecule has 0 saturated carbocycles. The molecule has 1 aliphatic heterocycles. The van der Waals surface area contributed by atoms with Gasteiger partial charge in [-0.1, -0.05) is 19.1 Å². The van der Waals surface area contributed by atoms with Crippen LogP contribution in [-0.4, -0.2) is 31.6 Å². The molecule has 1 aliphatic rings. The molecule has 5 nitrogen and oxygen atoms in total. The number of hydrogen-bond donors (Lipinski definition) is 1.